The van der Waals surface area contributed by atoms with Crippen molar-refractivity contribution in [3.63, 3.8) is 0 Å². The first-order chi connectivity index (χ1) is 5.16. The number of hydrogen-bond donors (Lipinski definition) is 0. The van der Waals surface area contributed by atoms with Gasteiger partial charge in [0.15, 0.2) is 6.29 Å². The Morgan fingerprint density at radius 1 is 1.36 bits per heavy atom. The van der Waals surface area contributed by atoms with Crippen molar-refractivity contribution < 1.29 is 4.79 Å². The number of hydrogen-bond acceptors (Lipinski definition) is 1. The summed E-state index contributed by atoms with van der Waals surface area (Å²) in [4.78, 5) is 10.4. The van der Waals surface area contributed by atoms with Crippen LogP contribution in [0.3, 0.4) is 0 Å². The molecule has 4 heteroatoms. The summed E-state index contributed by atoms with van der Waals surface area (Å²) < 4.78 is 0.543. The van der Waals surface area contributed by atoms with E-state index in [2.05, 4.69) is 15.9 Å². The molecule has 0 amide bonds. The Kier molecular flexibility index (Phi) is 2.93. The second-order valence-electron chi connectivity index (χ2n) is 1.88. The molecule has 0 aromatic heterocycles. The highest BCUT2D eigenvalue weighted by Gasteiger charge is 2.06. The van der Waals surface area contributed by atoms with Crippen LogP contribution >= 0.6 is 39.1 Å². The Morgan fingerprint density at radius 3 is 2.55 bits per heavy atom. The molecule has 0 atom stereocenters. The van der Waals surface area contributed by atoms with Gasteiger partial charge in [0.05, 0.1) is 10.0 Å². The van der Waals surface area contributed by atoms with Gasteiger partial charge in [-0.25, -0.2) is 0 Å². The van der Waals surface area contributed by atoms with Gasteiger partial charge in [0.2, 0.25) is 0 Å². The van der Waals surface area contributed by atoms with Crippen LogP contribution in [0.4, 0.5) is 0 Å². The standard InChI is InChI=1S/C7H3BrCl2O/c8-6-4(3-11)1-2-5(9)7(6)10/h1-3H. The van der Waals surface area contributed by atoms with E-state index in [-0.39, 0.29) is 0 Å². The highest BCUT2D eigenvalue weighted by atomic mass is 79.9. The largest absolute Gasteiger partial charge is 0.298 e. The first kappa shape index (κ1) is 9.04. The van der Waals surface area contributed by atoms with Crippen molar-refractivity contribution in [2.24, 2.45) is 0 Å². The molecule has 0 saturated carbocycles. The third-order valence-electron chi connectivity index (χ3n) is 1.19. The molecule has 0 heterocycles. The fourth-order valence-corrected chi connectivity index (χ4v) is 1.51. The molecule has 1 rings (SSSR count). The molecule has 0 spiro atoms. The molecular formula is C7H3BrCl2O. The smallest absolute Gasteiger partial charge is 0.151 e. The van der Waals surface area contributed by atoms with Gasteiger partial charge in [-0.1, -0.05) is 23.2 Å². The van der Waals surface area contributed by atoms with Gasteiger partial charge >= 0.3 is 0 Å². The van der Waals surface area contributed by atoms with Gasteiger partial charge in [-0.15, -0.1) is 0 Å². The second-order valence-corrected chi connectivity index (χ2v) is 3.46. The number of aldehydes is 1. The molecule has 0 saturated heterocycles. The topological polar surface area (TPSA) is 17.1 Å². The van der Waals surface area contributed by atoms with Crippen LogP contribution in [-0.4, -0.2) is 6.29 Å². The van der Waals surface area contributed by atoms with Crippen molar-refractivity contribution in [3.8, 4) is 0 Å². The van der Waals surface area contributed by atoms with Crippen molar-refractivity contribution in [3.05, 3.63) is 32.2 Å². The predicted octanol–water partition coefficient (Wildman–Crippen LogP) is 3.57. The van der Waals surface area contributed by atoms with E-state index in [1.165, 1.54) is 0 Å². The van der Waals surface area contributed by atoms with E-state index in [1.807, 2.05) is 0 Å². The number of carbonyl (C=O) groups is 1. The molecule has 0 unspecified atom stereocenters. The Labute approximate surface area is 82.4 Å². The van der Waals surface area contributed by atoms with Crippen molar-refractivity contribution in [2.45, 2.75) is 0 Å². The SMILES string of the molecule is O=Cc1ccc(Cl)c(Cl)c1Br. The Morgan fingerprint density at radius 2 is 2.00 bits per heavy atom. The summed E-state index contributed by atoms with van der Waals surface area (Å²) in [5.41, 5.74) is 0.499. The van der Waals surface area contributed by atoms with Crippen LogP contribution in [0.2, 0.25) is 10.0 Å². The van der Waals surface area contributed by atoms with Crippen molar-refractivity contribution in [2.75, 3.05) is 0 Å². The minimum Gasteiger partial charge on any atom is -0.298 e. The van der Waals surface area contributed by atoms with Gasteiger partial charge < -0.3 is 0 Å². The van der Waals surface area contributed by atoms with Crippen LogP contribution in [0, 0.1) is 0 Å². The fourth-order valence-electron chi connectivity index (χ4n) is 0.632. The normalized spacial score (nSPS) is 9.73. The van der Waals surface area contributed by atoms with E-state index in [4.69, 9.17) is 23.2 Å². The van der Waals surface area contributed by atoms with Gasteiger partial charge in [0, 0.05) is 10.0 Å². The van der Waals surface area contributed by atoms with E-state index in [1.54, 1.807) is 12.1 Å². The lowest BCUT2D eigenvalue weighted by molar-refractivity contribution is 0.112. The van der Waals surface area contributed by atoms with Gasteiger partial charge in [-0.05, 0) is 28.1 Å². The average molecular weight is 254 g/mol. The van der Waals surface area contributed by atoms with E-state index >= 15 is 0 Å². The summed E-state index contributed by atoms with van der Waals surface area (Å²) in [5, 5.41) is 0.806. The monoisotopic (exact) mass is 252 g/mol. The average Bonchev–Trinajstić information content (AvgIpc) is 2.01. The van der Waals surface area contributed by atoms with Crippen molar-refractivity contribution in [1.82, 2.24) is 0 Å². The second kappa shape index (κ2) is 3.57. The molecule has 0 N–H and O–H groups in total. The van der Waals surface area contributed by atoms with E-state index in [0.29, 0.717) is 26.4 Å². The quantitative estimate of drug-likeness (QED) is 0.553. The zero-order chi connectivity index (χ0) is 8.43. The van der Waals surface area contributed by atoms with Crippen LogP contribution in [0.1, 0.15) is 10.4 Å². The fraction of sp³-hybridized carbons (Fsp3) is 0. The summed E-state index contributed by atoms with van der Waals surface area (Å²) >= 11 is 14.5. The molecule has 0 aliphatic heterocycles. The van der Waals surface area contributed by atoms with Crippen molar-refractivity contribution >= 4 is 45.4 Å². The minimum absolute atomic E-state index is 0.372. The molecule has 58 valence electrons. The van der Waals surface area contributed by atoms with Crippen LogP contribution in [-0.2, 0) is 0 Å². The molecule has 0 fully saturated rings. The highest BCUT2D eigenvalue weighted by Crippen LogP contribution is 2.31. The van der Waals surface area contributed by atoms with Gasteiger partial charge in [-0.3, -0.25) is 4.79 Å². The van der Waals surface area contributed by atoms with Crippen LogP contribution < -0.4 is 0 Å². The maximum atomic E-state index is 10.4. The molecule has 0 bridgehead atoms. The Hall–Kier alpha value is -0.0500. The molecule has 11 heavy (non-hydrogen) atoms. The van der Waals surface area contributed by atoms with E-state index < -0.39 is 0 Å². The zero-order valence-corrected chi connectivity index (χ0v) is 8.37. The first-order valence-electron chi connectivity index (χ1n) is 2.75. The third-order valence-corrected chi connectivity index (χ3v) is 3.08. The molecule has 1 aromatic carbocycles. The molecule has 0 aliphatic carbocycles. The van der Waals surface area contributed by atoms with Crippen LogP contribution in [0.5, 0.6) is 0 Å². The summed E-state index contributed by atoms with van der Waals surface area (Å²) in [6.07, 6.45) is 0.715. The van der Waals surface area contributed by atoms with Crippen LogP contribution in [0.25, 0.3) is 0 Å². The maximum Gasteiger partial charge on any atom is 0.151 e. The molecule has 0 radical (unpaired) electrons. The first-order valence-corrected chi connectivity index (χ1v) is 4.30. The van der Waals surface area contributed by atoms with Crippen LogP contribution in [0.15, 0.2) is 16.6 Å². The summed E-state index contributed by atoms with van der Waals surface area (Å²) in [6, 6.07) is 3.18. The number of carbonyl (C=O) groups excluding carboxylic acids is 1. The number of rotatable bonds is 1. The molecular weight excluding hydrogens is 251 g/mol. The Bertz CT molecular complexity index is 299. The lowest BCUT2D eigenvalue weighted by atomic mass is 10.2. The summed E-state index contributed by atoms with van der Waals surface area (Å²) in [5.74, 6) is 0. The van der Waals surface area contributed by atoms with Gasteiger partial charge in [0.25, 0.3) is 0 Å². The lowest BCUT2D eigenvalue weighted by Crippen LogP contribution is -1.82. The third kappa shape index (κ3) is 1.75. The molecule has 1 aromatic rings. The predicted molar refractivity (Wildman–Crippen MR) is 49.5 cm³/mol. The summed E-state index contributed by atoms with van der Waals surface area (Å²) in [6.45, 7) is 0. The molecule has 0 aliphatic rings. The number of halogens is 3. The van der Waals surface area contributed by atoms with E-state index in [9.17, 15) is 4.79 Å². The highest BCUT2D eigenvalue weighted by molar-refractivity contribution is 9.10. The van der Waals surface area contributed by atoms with Crippen molar-refractivity contribution in [1.29, 1.82) is 0 Å². The van der Waals surface area contributed by atoms with E-state index in [0.717, 1.165) is 0 Å². The maximum absolute atomic E-state index is 10.4. The summed E-state index contributed by atoms with van der Waals surface area (Å²) in [7, 11) is 0. The minimum atomic E-state index is 0.372. The van der Waals surface area contributed by atoms with Gasteiger partial charge in [-0.2, -0.15) is 0 Å². The molecule has 1 nitrogen and oxygen atoms in total. The number of benzene rings is 1. The zero-order valence-electron chi connectivity index (χ0n) is 5.27. The Balaban J connectivity index is 3.36. The van der Waals surface area contributed by atoms with Gasteiger partial charge in [0.1, 0.15) is 0 Å². The lowest BCUT2D eigenvalue weighted by Gasteiger charge is -1.99.